The van der Waals surface area contributed by atoms with E-state index < -0.39 is 10.0 Å². The maximum atomic E-state index is 12.7. The molecular weight excluding hydrogens is 324 g/mol. The number of piperazine rings is 1. The van der Waals surface area contributed by atoms with Crippen LogP contribution in [-0.4, -0.2) is 56.1 Å². The minimum Gasteiger partial charge on any atom is -0.301 e. The summed E-state index contributed by atoms with van der Waals surface area (Å²) in [6, 6.07) is 6.23. The lowest BCUT2D eigenvalue weighted by molar-refractivity contribution is 0.101. The largest absolute Gasteiger partial charge is 0.301 e. The highest BCUT2D eigenvalue weighted by molar-refractivity contribution is 7.89. The third-order valence-electron chi connectivity index (χ3n) is 4.56. The van der Waals surface area contributed by atoms with E-state index in [1.807, 2.05) is 0 Å². The van der Waals surface area contributed by atoms with Gasteiger partial charge in [-0.2, -0.15) is 4.31 Å². The molecule has 5 nitrogen and oxygen atoms in total. The molecule has 24 heavy (non-hydrogen) atoms. The third-order valence-corrected chi connectivity index (χ3v) is 6.47. The van der Waals surface area contributed by atoms with Crippen LogP contribution in [0.1, 0.15) is 49.9 Å². The molecule has 1 aliphatic rings. The Balaban J connectivity index is 1.91. The van der Waals surface area contributed by atoms with E-state index in [0.29, 0.717) is 18.7 Å². The molecule has 0 N–H and O–H groups in total. The van der Waals surface area contributed by atoms with E-state index in [-0.39, 0.29) is 10.7 Å². The number of rotatable bonds is 8. The molecule has 0 spiro atoms. The van der Waals surface area contributed by atoms with Gasteiger partial charge in [-0.25, -0.2) is 8.42 Å². The average molecular weight is 353 g/mol. The van der Waals surface area contributed by atoms with Gasteiger partial charge in [0.1, 0.15) is 0 Å². The molecule has 1 aromatic rings. The summed E-state index contributed by atoms with van der Waals surface area (Å²) < 4.78 is 26.9. The van der Waals surface area contributed by atoms with Crippen molar-refractivity contribution in [2.45, 2.75) is 44.4 Å². The molecule has 0 saturated carbocycles. The summed E-state index contributed by atoms with van der Waals surface area (Å²) in [5.41, 5.74) is 0.533. The molecule has 134 valence electrons. The average Bonchev–Trinajstić information content (AvgIpc) is 2.59. The zero-order chi connectivity index (χ0) is 17.6. The van der Waals surface area contributed by atoms with Crippen LogP contribution >= 0.6 is 0 Å². The Bertz CT molecular complexity index is 633. The van der Waals surface area contributed by atoms with Crippen LogP contribution < -0.4 is 0 Å². The Kier molecular flexibility index (Phi) is 6.95. The quantitative estimate of drug-likeness (QED) is 0.533. The van der Waals surface area contributed by atoms with E-state index >= 15 is 0 Å². The molecule has 0 atom stereocenters. The molecule has 0 aromatic heterocycles. The van der Waals surface area contributed by atoms with E-state index in [9.17, 15) is 13.2 Å². The van der Waals surface area contributed by atoms with Crippen molar-refractivity contribution >= 4 is 15.8 Å². The SMILES string of the molecule is CCCCCCN1CCN(S(=O)(=O)c2ccc(C(C)=O)cc2)CC1. The van der Waals surface area contributed by atoms with Gasteiger partial charge in [-0.15, -0.1) is 0 Å². The first-order valence-corrected chi connectivity index (χ1v) is 10.2. The van der Waals surface area contributed by atoms with Crippen molar-refractivity contribution in [3.8, 4) is 0 Å². The minimum atomic E-state index is -3.46. The molecule has 0 radical (unpaired) electrons. The molecule has 0 bridgehead atoms. The van der Waals surface area contributed by atoms with Crippen LogP contribution in [0.25, 0.3) is 0 Å². The van der Waals surface area contributed by atoms with Crippen LogP contribution in [0.2, 0.25) is 0 Å². The van der Waals surface area contributed by atoms with Crippen LogP contribution in [0.5, 0.6) is 0 Å². The predicted molar refractivity (Wildman–Crippen MR) is 95.8 cm³/mol. The fraction of sp³-hybridized carbons (Fsp3) is 0.611. The second kappa shape index (κ2) is 8.74. The van der Waals surface area contributed by atoms with Gasteiger partial charge in [0.05, 0.1) is 4.90 Å². The maximum Gasteiger partial charge on any atom is 0.243 e. The van der Waals surface area contributed by atoms with E-state index in [4.69, 9.17) is 0 Å². The standard InChI is InChI=1S/C18H28N2O3S/c1-3-4-5-6-11-19-12-14-20(15-13-19)24(22,23)18-9-7-17(8-10-18)16(2)21/h7-10H,3-6,11-15H2,1-2H3. The second-order valence-corrected chi connectivity index (χ2v) is 8.32. The van der Waals surface area contributed by atoms with Crippen molar-refractivity contribution in [1.29, 1.82) is 0 Å². The normalized spacial score (nSPS) is 17.1. The van der Waals surface area contributed by atoms with Crippen LogP contribution in [0, 0.1) is 0 Å². The van der Waals surface area contributed by atoms with Crippen molar-refractivity contribution < 1.29 is 13.2 Å². The number of nitrogens with zero attached hydrogens (tertiary/aromatic N) is 2. The summed E-state index contributed by atoms with van der Waals surface area (Å²) in [7, 11) is -3.46. The smallest absolute Gasteiger partial charge is 0.243 e. The maximum absolute atomic E-state index is 12.7. The van der Waals surface area contributed by atoms with E-state index in [1.165, 1.54) is 44.7 Å². The van der Waals surface area contributed by atoms with E-state index in [1.54, 1.807) is 16.4 Å². The van der Waals surface area contributed by atoms with Gasteiger partial charge in [-0.1, -0.05) is 38.3 Å². The molecule has 2 rings (SSSR count). The van der Waals surface area contributed by atoms with Crippen molar-refractivity contribution in [2.24, 2.45) is 0 Å². The summed E-state index contributed by atoms with van der Waals surface area (Å²) in [4.78, 5) is 13.9. The number of carbonyl (C=O) groups is 1. The van der Waals surface area contributed by atoms with E-state index in [0.717, 1.165) is 19.6 Å². The molecular formula is C18H28N2O3S. The predicted octanol–water partition coefficient (Wildman–Crippen LogP) is 2.78. The lowest BCUT2D eigenvalue weighted by Crippen LogP contribution is -2.48. The molecule has 0 unspecified atom stereocenters. The molecule has 1 aromatic carbocycles. The van der Waals surface area contributed by atoms with Crippen LogP contribution in [0.15, 0.2) is 29.2 Å². The Morgan fingerprint density at radius 3 is 2.17 bits per heavy atom. The molecule has 1 saturated heterocycles. The molecule has 1 heterocycles. The van der Waals surface area contributed by atoms with Gasteiger partial charge in [-0.3, -0.25) is 4.79 Å². The lowest BCUT2D eigenvalue weighted by atomic mass is 10.2. The highest BCUT2D eigenvalue weighted by atomic mass is 32.2. The third kappa shape index (κ3) is 4.88. The zero-order valence-corrected chi connectivity index (χ0v) is 15.5. The van der Waals surface area contributed by atoms with Crippen molar-refractivity contribution in [1.82, 2.24) is 9.21 Å². The summed E-state index contributed by atoms with van der Waals surface area (Å²) in [6.45, 7) is 7.37. The number of hydrogen-bond donors (Lipinski definition) is 0. The summed E-state index contributed by atoms with van der Waals surface area (Å²) in [5, 5.41) is 0. The molecule has 0 amide bonds. The fourth-order valence-corrected chi connectivity index (χ4v) is 4.39. The summed E-state index contributed by atoms with van der Waals surface area (Å²) in [5.74, 6) is -0.0596. The van der Waals surface area contributed by atoms with Crippen LogP contribution in [-0.2, 0) is 10.0 Å². The van der Waals surface area contributed by atoms with Gasteiger partial charge in [0, 0.05) is 31.7 Å². The Hall–Kier alpha value is -1.24. The monoisotopic (exact) mass is 352 g/mol. The second-order valence-electron chi connectivity index (χ2n) is 6.39. The van der Waals surface area contributed by atoms with Gasteiger partial charge in [0.2, 0.25) is 10.0 Å². The molecule has 1 aliphatic heterocycles. The van der Waals surface area contributed by atoms with Crippen LogP contribution in [0.3, 0.4) is 0 Å². The van der Waals surface area contributed by atoms with Gasteiger partial charge < -0.3 is 4.90 Å². The molecule has 0 aliphatic carbocycles. The number of Topliss-reactive ketones (excluding diaryl/α,β-unsaturated/α-hetero) is 1. The van der Waals surface area contributed by atoms with Crippen molar-refractivity contribution in [3.05, 3.63) is 29.8 Å². The molecule has 6 heteroatoms. The summed E-state index contributed by atoms with van der Waals surface area (Å²) in [6.07, 6.45) is 4.93. The van der Waals surface area contributed by atoms with Gasteiger partial charge >= 0.3 is 0 Å². The number of unbranched alkanes of at least 4 members (excludes halogenated alkanes) is 3. The highest BCUT2D eigenvalue weighted by Crippen LogP contribution is 2.18. The number of sulfonamides is 1. The number of ketones is 1. The highest BCUT2D eigenvalue weighted by Gasteiger charge is 2.28. The summed E-state index contributed by atoms with van der Waals surface area (Å²) >= 11 is 0. The number of benzene rings is 1. The van der Waals surface area contributed by atoms with E-state index in [2.05, 4.69) is 11.8 Å². The van der Waals surface area contributed by atoms with Gasteiger partial charge in [0.15, 0.2) is 5.78 Å². The first-order valence-electron chi connectivity index (χ1n) is 8.78. The first-order chi connectivity index (χ1) is 11.4. The Labute approximate surface area is 145 Å². The van der Waals surface area contributed by atoms with Crippen LogP contribution in [0.4, 0.5) is 0 Å². The Morgan fingerprint density at radius 1 is 1.00 bits per heavy atom. The van der Waals surface area contributed by atoms with Crippen molar-refractivity contribution in [3.63, 3.8) is 0 Å². The number of carbonyl (C=O) groups excluding carboxylic acids is 1. The van der Waals surface area contributed by atoms with Gasteiger partial charge in [0.25, 0.3) is 0 Å². The molecule has 1 fully saturated rings. The minimum absolute atomic E-state index is 0.0596. The zero-order valence-electron chi connectivity index (χ0n) is 14.7. The van der Waals surface area contributed by atoms with Gasteiger partial charge in [-0.05, 0) is 32.0 Å². The van der Waals surface area contributed by atoms with Crippen molar-refractivity contribution in [2.75, 3.05) is 32.7 Å². The lowest BCUT2D eigenvalue weighted by Gasteiger charge is -2.34. The first kappa shape index (κ1) is 19.1. The number of hydrogen-bond acceptors (Lipinski definition) is 4. The Morgan fingerprint density at radius 2 is 1.62 bits per heavy atom. The fourth-order valence-electron chi connectivity index (χ4n) is 2.97. The topological polar surface area (TPSA) is 57.7 Å².